The third-order valence-corrected chi connectivity index (χ3v) is 3.43. The summed E-state index contributed by atoms with van der Waals surface area (Å²) in [4.78, 5) is 23.5. The number of aliphatic hydroxyl groups excluding tert-OH is 1. The largest absolute Gasteiger partial charge is 0.507 e. The molecule has 0 radical (unpaired) electrons. The summed E-state index contributed by atoms with van der Waals surface area (Å²) < 4.78 is 4.99. The first-order chi connectivity index (χ1) is 9.47. The van der Waals surface area contributed by atoms with Crippen molar-refractivity contribution in [3.05, 3.63) is 40.6 Å². The summed E-state index contributed by atoms with van der Waals surface area (Å²) in [6.45, 7) is 0. The number of halogens is 1. The Hall–Kier alpha value is -1.89. The van der Waals surface area contributed by atoms with Crippen molar-refractivity contribution in [3.8, 4) is 5.75 Å². The third kappa shape index (κ3) is 2.18. The second-order valence-electron chi connectivity index (χ2n) is 4.58. The number of ether oxygens (including phenoxy) is 1. The van der Waals surface area contributed by atoms with Crippen molar-refractivity contribution in [3.63, 3.8) is 0 Å². The van der Waals surface area contributed by atoms with E-state index in [9.17, 15) is 19.8 Å². The van der Waals surface area contributed by atoms with E-state index in [-0.39, 0.29) is 27.8 Å². The van der Waals surface area contributed by atoms with Crippen LogP contribution in [-0.4, -0.2) is 40.2 Å². The van der Waals surface area contributed by atoms with E-state index in [1.165, 1.54) is 18.2 Å². The lowest BCUT2D eigenvalue weighted by molar-refractivity contribution is -0.116. The number of amides is 1. The maximum absolute atomic E-state index is 12.0. The molecular weight excluding hydrogens is 286 g/mol. The minimum Gasteiger partial charge on any atom is -0.507 e. The lowest BCUT2D eigenvalue weighted by atomic mass is 10.0. The number of epoxide rings is 1. The first-order valence-corrected chi connectivity index (χ1v) is 6.24. The van der Waals surface area contributed by atoms with Crippen LogP contribution in [-0.2, 0) is 9.53 Å². The van der Waals surface area contributed by atoms with Gasteiger partial charge in [-0.05, 0) is 18.2 Å². The van der Waals surface area contributed by atoms with Gasteiger partial charge in [-0.1, -0.05) is 11.6 Å². The SMILES string of the molecule is O=C(NC1=CC(=O)C2OC2C1O)c1cc(Cl)ccc1O. The van der Waals surface area contributed by atoms with E-state index in [4.69, 9.17) is 16.3 Å². The van der Waals surface area contributed by atoms with Gasteiger partial charge in [0.2, 0.25) is 0 Å². The summed E-state index contributed by atoms with van der Waals surface area (Å²) in [7, 11) is 0. The Morgan fingerprint density at radius 3 is 2.90 bits per heavy atom. The second-order valence-corrected chi connectivity index (χ2v) is 5.02. The molecule has 0 spiro atoms. The molecule has 1 amide bonds. The number of benzene rings is 1. The number of carbonyl (C=O) groups excluding carboxylic acids is 2. The summed E-state index contributed by atoms with van der Waals surface area (Å²) in [5, 5.41) is 22.2. The van der Waals surface area contributed by atoms with E-state index in [2.05, 4.69) is 5.32 Å². The highest BCUT2D eigenvalue weighted by atomic mass is 35.5. The maximum Gasteiger partial charge on any atom is 0.259 e. The molecule has 20 heavy (non-hydrogen) atoms. The predicted octanol–water partition coefficient (Wildman–Crippen LogP) is 0.370. The van der Waals surface area contributed by atoms with Crippen molar-refractivity contribution in [1.82, 2.24) is 5.32 Å². The molecule has 1 fully saturated rings. The number of aliphatic hydroxyl groups is 1. The highest BCUT2D eigenvalue weighted by Crippen LogP contribution is 2.33. The topological polar surface area (TPSA) is 99.2 Å². The fourth-order valence-corrected chi connectivity index (χ4v) is 2.26. The molecule has 0 aromatic heterocycles. The van der Waals surface area contributed by atoms with E-state index in [1.807, 2.05) is 0 Å². The minimum absolute atomic E-state index is 0.0445. The van der Waals surface area contributed by atoms with Gasteiger partial charge in [-0.15, -0.1) is 0 Å². The fourth-order valence-electron chi connectivity index (χ4n) is 2.09. The van der Waals surface area contributed by atoms with Crippen LogP contribution in [0.4, 0.5) is 0 Å². The number of hydrogen-bond donors (Lipinski definition) is 3. The van der Waals surface area contributed by atoms with E-state index in [0.29, 0.717) is 0 Å². The zero-order chi connectivity index (χ0) is 14.4. The van der Waals surface area contributed by atoms with Crippen molar-refractivity contribution in [2.75, 3.05) is 0 Å². The average Bonchev–Trinajstić information content (AvgIpc) is 3.19. The Morgan fingerprint density at radius 1 is 1.40 bits per heavy atom. The molecule has 1 aromatic rings. The van der Waals surface area contributed by atoms with Crippen molar-refractivity contribution in [1.29, 1.82) is 0 Å². The van der Waals surface area contributed by atoms with Gasteiger partial charge < -0.3 is 20.3 Å². The summed E-state index contributed by atoms with van der Waals surface area (Å²) in [5.74, 6) is -1.21. The zero-order valence-electron chi connectivity index (χ0n) is 10.0. The molecule has 1 heterocycles. The molecule has 1 aliphatic carbocycles. The first kappa shape index (κ1) is 13.1. The van der Waals surface area contributed by atoms with Crippen LogP contribution in [0.15, 0.2) is 30.0 Å². The van der Waals surface area contributed by atoms with Crippen molar-refractivity contribution >= 4 is 23.3 Å². The Bertz CT molecular complexity index is 642. The molecule has 6 nitrogen and oxygen atoms in total. The van der Waals surface area contributed by atoms with E-state index >= 15 is 0 Å². The molecule has 3 rings (SSSR count). The molecule has 1 aliphatic heterocycles. The third-order valence-electron chi connectivity index (χ3n) is 3.19. The van der Waals surface area contributed by atoms with Gasteiger partial charge in [0, 0.05) is 11.1 Å². The number of phenolic OH excluding ortho intramolecular Hbond substituents is 1. The number of aromatic hydroxyl groups is 1. The average molecular weight is 296 g/mol. The summed E-state index contributed by atoms with van der Waals surface area (Å²) in [5.41, 5.74) is 0.00927. The van der Waals surface area contributed by atoms with Crippen LogP contribution >= 0.6 is 11.6 Å². The number of ketones is 1. The molecule has 104 valence electrons. The van der Waals surface area contributed by atoms with E-state index < -0.39 is 24.2 Å². The molecular formula is C13H10ClNO5. The zero-order valence-corrected chi connectivity index (χ0v) is 10.8. The smallest absolute Gasteiger partial charge is 0.259 e. The number of phenols is 1. The number of hydrogen-bond acceptors (Lipinski definition) is 5. The molecule has 3 N–H and O–H groups in total. The van der Waals surface area contributed by atoms with Crippen LogP contribution in [0.3, 0.4) is 0 Å². The number of rotatable bonds is 2. The van der Waals surface area contributed by atoms with Gasteiger partial charge in [0.15, 0.2) is 5.78 Å². The lowest BCUT2D eigenvalue weighted by Crippen LogP contribution is -2.37. The monoisotopic (exact) mass is 295 g/mol. The quantitative estimate of drug-likeness (QED) is 0.685. The summed E-state index contributed by atoms with van der Waals surface area (Å²) >= 11 is 5.76. The van der Waals surface area contributed by atoms with Gasteiger partial charge in [0.05, 0.1) is 11.3 Å². The highest BCUT2D eigenvalue weighted by molar-refractivity contribution is 6.31. The molecule has 0 bridgehead atoms. The van der Waals surface area contributed by atoms with Crippen molar-refractivity contribution in [2.45, 2.75) is 18.3 Å². The van der Waals surface area contributed by atoms with Crippen molar-refractivity contribution < 1.29 is 24.5 Å². The van der Waals surface area contributed by atoms with Gasteiger partial charge in [-0.25, -0.2) is 0 Å². The number of nitrogens with one attached hydrogen (secondary N) is 1. The highest BCUT2D eigenvalue weighted by Gasteiger charge is 2.53. The second kappa shape index (κ2) is 4.59. The Kier molecular flexibility index (Phi) is 3.01. The van der Waals surface area contributed by atoms with Gasteiger partial charge in [-0.3, -0.25) is 9.59 Å². The molecule has 1 aromatic carbocycles. The Labute approximate surface area is 118 Å². The van der Waals surface area contributed by atoms with Crippen LogP contribution in [0.1, 0.15) is 10.4 Å². The van der Waals surface area contributed by atoms with Gasteiger partial charge >= 0.3 is 0 Å². The molecule has 0 saturated carbocycles. The molecule has 1 saturated heterocycles. The van der Waals surface area contributed by atoms with Crippen LogP contribution in [0.2, 0.25) is 5.02 Å². The molecule has 7 heteroatoms. The lowest BCUT2D eigenvalue weighted by Gasteiger charge is -2.17. The van der Waals surface area contributed by atoms with E-state index in [0.717, 1.165) is 6.08 Å². The number of fused-ring (bicyclic) bond motifs is 1. The summed E-state index contributed by atoms with van der Waals surface area (Å²) in [6, 6.07) is 4.02. The predicted molar refractivity (Wildman–Crippen MR) is 68.3 cm³/mol. The molecule has 3 unspecified atom stereocenters. The van der Waals surface area contributed by atoms with Crippen LogP contribution in [0, 0.1) is 0 Å². The first-order valence-electron chi connectivity index (χ1n) is 5.86. The minimum atomic E-state index is -1.07. The fraction of sp³-hybridized carbons (Fsp3) is 0.231. The molecule has 3 atom stereocenters. The van der Waals surface area contributed by atoms with Gasteiger partial charge in [0.25, 0.3) is 5.91 Å². The van der Waals surface area contributed by atoms with Gasteiger partial charge in [-0.2, -0.15) is 0 Å². The standard InChI is InChI=1S/C13H10ClNO5/c14-5-1-2-8(16)6(3-5)13(19)15-7-4-9(17)11-12(20-11)10(7)18/h1-4,10-12,16,18H,(H,15,19). The van der Waals surface area contributed by atoms with Crippen LogP contribution in [0.5, 0.6) is 5.75 Å². The van der Waals surface area contributed by atoms with Crippen LogP contribution < -0.4 is 5.32 Å². The van der Waals surface area contributed by atoms with E-state index in [1.54, 1.807) is 0 Å². The maximum atomic E-state index is 12.0. The molecule has 2 aliphatic rings. The van der Waals surface area contributed by atoms with Crippen LogP contribution in [0.25, 0.3) is 0 Å². The van der Waals surface area contributed by atoms with Crippen molar-refractivity contribution in [2.24, 2.45) is 0 Å². The Balaban J connectivity index is 1.82. The Morgan fingerprint density at radius 2 is 2.15 bits per heavy atom. The summed E-state index contributed by atoms with van der Waals surface area (Å²) in [6.07, 6.45) is -1.14. The van der Waals surface area contributed by atoms with Gasteiger partial charge in [0.1, 0.15) is 24.1 Å². The number of carbonyl (C=O) groups is 2. The normalized spacial score (nSPS) is 27.6.